The molecule has 0 spiro atoms. The summed E-state index contributed by atoms with van der Waals surface area (Å²) in [5.74, 6) is 4.65. The van der Waals surface area contributed by atoms with Gasteiger partial charge in [-0.1, -0.05) is 115 Å². The molecule has 55 heavy (non-hydrogen) atoms. The monoisotopic (exact) mass is 709 g/mol. The Labute approximate surface area is 321 Å². The Kier molecular flexibility index (Phi) is 7.35. The maximum atomic E-state index is 9.79. The van der Waals surface area contributed by atoms with E-state index in [1.807, 2.05) is 36.4 Å². The topological polar surface area (TPSA) is 67.4 Å². The van der Waals surface area contributed by atoms with Crippen molar-refractivity contribution in [2.75, 3.05) is 0 Å². The summed E-state index contributed by atoms with van der Waals surface area (Å²) in [5.41, 5.74) is 10.7. The minimum atomic E-state index is 0.337. The molecule has 5 nitrogen and oxygen atoms in total. The number of nitriles is 1. The summed E-state index contributed by atoms with van der Waals surface area (Å²) in [5, 5.41) is 12.0. The molecule has 4 aliphatic carbocycles. The summed E-state index contributed by atoms with van der Waals surface area (Å²) in [4.78, 5) is 15.5. The molecule has 4 saturated carbocycles. The van der Waals surface area contributed by atoms with E-state index < -0.39 is 0 Å². The zero-order valence-electron chi connectivity index (χ0n) is 30.6. The van der Waals surface area contributed by atoms with Gasteiger partial charge >= 0.3 is 0 Å². The van der Waals surface area contributed by atoms with Gasteiger partial charge < -0.3 is 4.57 Å². The lowest BCUT2D eigenvalue weighted by molar-refractivity contribution is -0.00518. The van der Waals surface area contributed by atoms with Crippen LogP contribution in [0.25, 0.3) is 72.8 Å². The molecule has 0 N–H and O–H groups in total. The van der Waals surface area contributed by atoms with Crippen LogP contribution in [0.4, 0.5) is 0 Å². The van der Waals surface area contributed by atoms with Crippen molar-refractivity contribution < 1.29 is 0 Å². The minimum Gasteiger partial charge on any atom is -0.309 e. The normalized spacial score (nSPS) is 21.3. The van der Waals surface area contributed by atoms with Crippen molar-refractivity contribution in [3.05, 3.63) is 157 Å². The van der Waals surface area contributed by atoms with E-state index in [9.17, 15) is 5.26 Å². The molecule has 0 radical (unpaired) electrons. The molecule has 4 fully saturated rings. The zero-order chi connectivity index (χ0) is 36.5. The lowest BCUT2D eigenvalue weighted by atomic mass is 9.48. The fourth-order valence-electron chi connectivity index (χ4n) is 10.7. The number of hydrogen-bond acceptors (Lipinski definition) is 4. The average Bonchev–Trinajstić information content (AvgIpc) is 3.56. The van der Waals surface area contributed by atoms with E-state index in [0.29, 0.717) is 28.5 Å². The van der Waals surface area contributed by atoms with Crippen molar-refractivity contribution in [3.8, 4) is 57.0 Å². The van der Waals surface area contributed by atoms with Gasteiger partial charge in [-0.15, -0.1) is 0 Å². The van der Waals surface area contributed by atoms with Crippen LogP contribution < -0.4 is 0 Å². The molecule has 0 saturated heterocycles. The van der Waals surface area contributed by atoms with E-state index in [-0.39, 0.29) is 0 Å². The van der Waals surface area contributed by atoms with E-state index >= 15 is 0 Å². The van der Waals surface area contributed by atoms with Gasteiger partial charge in [0.25, 0.3) is 0 Å². The number of para-hydroxylation sites is 1. The van der Waals surface area contributed by atoms with Crippen LogP contribution in [-0.2, 0) is 5.41 Å². The second kappa shape index (κ2) is 12.6. The predicted molar refractivity (Wildman–Crippen MR) is 220 cm³/mol. The minimum absolute atomic E-state index is 0.337. The standard InChI is InChI=1S/C50H39N5/c51-31-32-11-21-43-44-22-18-40(27-46(44)55(45(43)26-32)42-9-5-2-6-10-42)49-53-47(38-14-12-37(13-15-38)36-7-3-1-4-8-36)52-48(54-49)39-16-19-41(20-17-39)50-28-33-23-34(29-50)25-35(24-33)30-50/h1-22,26-27,33-35H,23-25,28-30H2/t33-,34+,35?,50?. The highest BCUT2D eigenvalue weighted by Gasteiger charge is 2.51. The molecular weight excluding hydrogens is 671 g/mol. The lowest BCUT2D eigenvalue weighted by Gasteiger charge is -2.57. The summed E-state index contributed by atoms with van der Waals surface area (Å²) in [6.45, 7) is 0. The number of nitrogens with zero attached hydrogens (tertiary/aromatic N) is 5. The van der Waals surface area contributed by atoms with Crippen molar-refractivity contribution in [1.29, 1.82) is 5.26 Å². The number of rotatable bonds is 6. The molecule has 2 aromatic heterocycles. The van der Waals surface area contributed by atoms with Gasteiger partial charge in [-0.3, -0.25) is 0 Å². The maximum absolute atomic E-state index is 9.79. The van der Waals surface area contributed by atoms with Gasteiger partial charge in [0.15, 0.2) is 17.5 Å². The average molecular weight is 710 g/mol. The van der Waals surface area contributed by atoms with Crippen LogP contribution in [0.2, 0.25) is 0 Å². The third-order valence-corrected chi connectivity index (χ3v) is 12.8. The fourth-order valence-corrected chi connectivity index (χ4v) is 10.7. The highest BCUT2D eigenvalue weighted by Crippen LogP contribution is 2.60. The third kappa shape index (κ3) is 5.47. The molecule has 8 aromatic rings. The molecule has 0 unspecified atom stereocenters. The quantitative estimate of drug-likeness (QED) is 0.172. The van der Waals surface area contributed by atoms with Crippen LogP contribution in [0.15, 0.2) is 146 Å². The number of aromatic nitrogens is 4. The Morgan fingerprint density at radius 2 is 0.964 bits per heavy atom. The van der Waals surface area contributed by atoms with E-state index in [2.05, 4.69) is 120 Å². The van der Waals surface area contributed by atoms with Gasteiger partial charge in [0.05, 0.1) is 22.7 Å². The Bertz CT molecular complexity index is 2740. The van der Waals surface area contributed by atoms with Crippen LogP contribution in [0.1, 0.15) is 49.7 Å². The summed E-state index contributed by atoms with van der Waals surface area (Å²) >= 11 is 0. The SMILES string of the molecule is N#Cc1ccc2c3ccc(-c4nc(-c5ccc(-c6ccccc6)cc5)nc(-c5ccc(C67CC8C[C@H](C6)C[C@@H](C8)C7)cc5)n4)cc3n(-c3ccccc3)c2c1. The van der Waals surface area contributed by atoms with Crippen molar-refractivity contribution in [1.82, 2.24) is 19.5 Å². The van der Waals surface area contributed by atoms with Gasteiger partial charge in [-0.05, 0) is 109 Å². The summed E-state index contributed by atoms with van der Waals surface area (Å²) in [6, 6.07) is 53.3. The van der Waals surface area contributed by atoms with Gasteiger partial charge in [-0.2, -0.15) is 5.26 Å². The van der Waals surface area contributed by atoms with Crippen LogP contribution in [-0.4, -0.2) is 19.5 Å². The van der Waals surface area contributed by atoms with Gasteiger partial charge in [0, 0.05) is 33.2 Å². The molecule has 2 heterocycles. The van der Waals surface area contributed by atoms with E-state index in [1.165, 1.54) is 49.7 Å². The molecule has 0 amide bonds. The smallest absolute Gasteiger partial charge is 0.164 e. The Morgan fingerprint density at radius 3 is 1.56 bits per heavy atom. The van der Waals surface area contributed by atoms with Crippen molar-refractivity contribution in [2.45, 2.75) is 43.9 Å². The number of hydrogen-bond donors (Lipinski definition) is 0. The number of fused-ring (bicyclic) bond motifs is 3. The highest BCUT2D eigenvalue weighted by molar-refractivity contribution is 6.10. The van der Waals surface area contributed by atoms with Crippen LogP contribution in [0.3, 0.4) is 0 Å². The molecule has 0 aliphatic heterocycles. The second-order valence-electron chi connectivity index (χ2n) is 16.3. The predicted octanol–water partition coefficient (Wildman–Crippen LogP) is 12.0. The Morgan fingerprint density at radius 1 is 0.491 bits per heavy atom. The second-order valence-corrected chi connectivity index (χ2v) is 16.3. The van der Waals surface area contributed by atoms with Crippen molar-refractivity contribution >= 4 is 21.8 Å². The molecule has 12 rings (SSSR count). The molecule has 5 heteroatoms. The van der Waals surface area contributed by atoms with Crippen molar-refractivity contribution in [3.63, 3.8) is 0 Å². The first-order valence-corrected chi connectivity index (χ1v) is 19.7. The van der Waals surface area contributed by atoms with Crippen LogP contribution in [0.5, 0.6) is 0 Å². The van der Waals surface area contributed by atoms with E-state index in [4.69, 9.17) is 15.0 Å². The van der Waals surface area contributed by atoms with Crippen LogP contribution in [0, 0.1) is 29.1 Å². The molecule has 4 bridgehead atoms. The van der Waals surface area contributed by atoms with E-state index in [0.717, 1.165) is 67.5 Å². The van der Waals surface area contributed by atoms with Gasteiger partial charge in [0.2, 0.25) is 0 Å². The first kappa shape index (κ1) is 32.1. The fraction of sp³-hybridized carbons (Fsp3) is 0.200. The summed E-state index contributed by atoms with van der Waals surface area (Å²) in [6.07, 6.45) is 8.36. The summed E-state index contributed by atoms with van der Waals surface area (Å²) < 4.78 is 2.24. The van der Waals surface area contributed by atoms with Gasteiger partial charge in [0.1, 0.15) is 0 Å². The van der Waals surface area contributed by atoms with Crippen LogP contribution >= 0.6 is 0 Å². The first-order valence-electron chi connectivity index (χ1n) is 19.7. The molecular formula is C50H39N5. The number of benzene rings is 6. The first-order chi connectivity index (χ1) is 27.1. The van der Waals surface area contributed by atoms with Crippen molar-refractivity contribution in [2.24, 2.45) is 17.8 Å². The highest BCUT2D eigenvalue weighted by atomic mass is 15.0. The zero-order valence-corrected chi connectivity index (χ0v) is 30.6. The summed E-state index contributed by atoms with van der Waals surface area (Å²) in [7, 11) is 0. The van der Waals surface area contributed by atoms with Gasteiger partial charge in [-0.25, -0.2) is 15.0 Å². The molecule has 264 valence electrons. The largest absolute Gasteiger partial charge is 0.309 e. The maximum Gasteiger partial charge on any atom is 0.164 e. The lowest BCUT2D eigenvalue weighted by Crippen LogP contribution is -2.48. The molecule has 4 aliphatic rings. The molecule has 0 atom stereocenters. The Balaban J connectivity index is 1.05. The third-order valence-electron chi connectivity index (χ3n) is 12.8. The molecule has 6 aromatic carbocycles. The van der Waals surface area contributed by atoms with E-state index in [1.54, 1.807) is 0 Å². The Hall–Kier alpha value is -6.38.